The van der Waals surface area contributed by atoms with Crippen molar-refractivity contribution in [2.45, 2.75) is 40.4 Å². The third-order valence-corrected chi connectivity index (χ3v) is 24.1. The summed E-state index contributed by atoms with van der Waals surface area (Å²) >= 11 is 0. The Bertz CT molecular complexity index is 7150. The van der Waals surface area contributed by atoms with E-state index in [1.165, 1.54) is 52.4 Å². The van der Waals surface area contributed by atoms with Crippen LogP contribution in [0.25, 0.3) is 96.0 Å². The lowest BCUT2D eigenvalue weighted by atomic mass is 10.2. The van der Waals surface area contributed by atoms with Gasteiger partial charge in [0.25, 0.3) is 23.6 Å². The highest BCUT2D eigenvalue weighted by atomic mass is 32.2. The Morgan fingerprint density at radius 2 is 0.886 bits per heavy atom. The van der Waals surface area contributed by atoms with Crippen molar-refractivity contribution in [1.29, 1.82) is 0 Å². The Morgan fingerprint density at radius 1 is 0.462 bits per heavy atom. The van der Waals surface area contributed by atoms with Gasteiger partial charge in [0, 0.05) is 104 Å². The zero-order valence-electron chi connectivity index (χ0n) is 71.0. The summed E-state index contributed by atoms with van der Waals surface area (Å²) < 4.78 is 104. The van der Waals surface area contributed by atoms with Gasteiger partial charge in [-0.2, -0.15) is 34.8 Å². The molecule has 0 aliphatic carbocycles. The Morgan fingerprint density at radius 3 is 1.33 bits per heavy atom. The first-order valence-electron chi connectivity index (χ1n) is 42.0. The number of rotatable bonds is 21. The van der Waals surface area contributed by atoms with E-state index >= 15 is 0 Å². The zero-order valence-corrected chi connectivity index (χ0v) is 71.8. The molecule has 4 fully saturated rings. The summed E-state index contributed by atoms with van der Waals surface area (Å²) in [7, 11) is -3.17. The second-order valence-electron chi connectivity index (χ2n) is 31.1. The van der Waals surface area contributed by atoms with Crippen LogP contribution in [0.5, 0.6) is 0 Å². The first-order valence-corrected chi connectivity index (χ1v) is 43.6. The van der Waals surface area contributed by atoms with Crippen LogP contribution in [0.3, 0.4) is 0 Å². The molecule has 12 N–H and O–H groups in total. The first-order chi connectivity index (χ1) is 64.1. The number of halogens is 4. The molecule has 16 heterocycles. The van der Waals surface area contributed by atoms with E-state index in [1.807, 2.05) is 42.2 Å². The maximum absolute atomic E-state index is 14.0. The van der Waals surface area contributed by atoms with E-state index in [9.17, 15) is 45.2 Å². The average molecular weight is 1820 g/mol. The normalized spacial score (nSPS) is 14.8. The molecule has 4 amide bonds. The summed E-state index contributed by atoms with van der Waals surface area (Å²) in [5.41, 5.74) is 13.2. The molecule has 678 valence electrons. The minimum Gasteiger partial charge on any atom is -0.379 e. The van der Waals surface area contributed by atoms with Crippen LogP contribution < -0.4 is 26.2 Å². The van der Waals surface area contributed by atoms with Crippen LogP contribution in [0.4, 0.5) is 46.3 Å². The highest BCUT2D eigenvalue weighted by Crippen LogP contribution is 2.34. The minimum absolute atomic E-state index is 0.105. The number of hydrogen-bond acceptors (Lipinski definition) is 27. The molecule has 4 saturated heterocycles. The topological polar surface area (TPSA) is 506 Å². The molecule has 0 atom stereocenters. The van der Waals surface area contributed by atoms with Crippen LogP contribution in [0.1, 0.15) is 76.6 Å². The van der Waals surface area contributed by atoms with Gasteiger partial charge in [-0.25, -0.2) is 60.4 Å². The number of imidazole rings is 4. The fourth-order valence-electron chi connectivity index (χ4n) is 15.4. The minimum atomic E-state index is -3.17. The second kappa shape index (κ2) is 38.6. The van der Waals surface area contributed by atoms with Crippen molar-refractivity contribution < 1.29 is 63.9 Å². The van der Waals surface area contributed by atoms with Gasteiger partial charge in [0.05, 0.1) is 138 Å². The molecule has 4 aliphatic rings. The quantitative estimate of drug-likeness (QED) is 0.0298. The Hall–Kier alpha value is -15.2. The third kappa shape index (κ3) is 19.5. The average Bonchev–Trinajstić information content (AvgIpc) is 1.64. The van der Waals surface area contributed by atoms with Crippen LogP contribution in [-0.4, -0.2) is 272 Å². The van der Waals surface area contributed by atoms with E-state index in [0.717, 1.165) is 123 Å². The van der Waals surface area contributed by atoms with Crippen LogP contribution in [0.2, 0.25) is 0 Å². The van der Waals surface area contributed by atoms with Gasteiger partial charge in [-0.1, -0.05) is 35.5 Å². The van der Waals surface area contributed by atoms with Gasteiger partial charge in [-0.15, -0.1) is 0 Å². The maximum Gasteiger partial charge on any atom is 0.277 e. The molecule has 46 heteroatoms. The van der Waals surface area contributed by atoms with E-state index in [1.54, 1.807) is 49.1 Å². The van der Waals surface area contributed by atoms with Gasteiger partial charge in [0.15, 0.2) is 40.3 Å². The number of sulfonamides is 1. The molecule has 41 nitrogen and oxygen atoms in total. The number of benzene rings is 5. The molecule has 21 rings (SSSR count). The fraction of sp³-hybridized carbons (Fsp3) is 0.267. The Balaban J connectivity index is 0.000000118. The molecule has 5 aromatic carbocycles. The van der Waals surface area contributed by atoms with Gasteiger partial charge in [-0.05, 0) is 104 Å². The number of aromatic amines is 8. The van der Waals surface area contributed by atoms with Crippen LogP contribution in [0.15, 0.2) is 151 Å². The largest absolute Gasteiger partial charge is 0.379 e. The lowest BCUT2D eigenvalue weighted by Gasteiger charge is -2.33. The monoisotopic (exact) mass is 1820 g/mol. The van der Waals surface area contributed by atoms with E-state index in [-0.39, 0.29) is 34.6 Å². The van der Waals surface area contributed by atoms with Gasteiger partial charge < -0.3 is 64.8 Å². The number of aryl methyl sites for hydroxylation is 2. The summed E-state index contributed by atoms with van der Waals surface area (Å²) in [4.78, 5) is 104. The number of ether oxygens (including phenoxy) is 3. The van der Waals surface area contributed by atoms with Crippen molar-refractivity contribution in [3.63, 3.8) is 0 Å². The van der Waals surface area contributed by atoms with Crippen molar-refractivity contribution in [1.82, 2.24) is 129 Å². The third-order valence-electron chi connectivity index (χ3n) is 22.2. The molecule has 0 unspecified atom stereocenters. The van der Waals surface area contributed by atoms with Crippen molar-refractivity contribution in [2.75, 3.05) is 137 Å². The molecule has 0 spiro atoms. The fourth-order valence-corrected chi connectivity index (χ4v) is 16.5. The second-order valence-corrected chi connectivity index (χ2v) is 33.3. The first kappa shape index (κ1) is 87.5. The molecule has 17 aromatic rings. The SMILES string of the molecule is CCS(=O)(=O)N1CCN(Cc2ccc3nc(-c4[nH]ncc4NC(=O)c4c(F)cccc4F)[nH]c3c2)CC1.Cc1cc(C(=O)Nc2cn[nH]c2-c2nc3ccc(CN4CCOCC4)cc3[nH]2)no1.Cc1nc(N2CCOCC2)nc2nc(-c3[nH]ncc3NC(=O)c3c(F)cccc3F)[nH]c12.O=C(Nc1cn[nH]c1-c1nc2ccc(CN3CCOCC3)cc2[nH]1)c1cnn2cccnc12. The van der Waals surface area contributed by atoms with Crippen molar-refractivity contribution >= 4 is 112 Å². The van der Waals surface area contributed by atoms with E-state index < -0.39 is 56.2 Å². The summed E-state index contributed by atoms with van der Waals surface area (Å²) in [6, 6.07) is 27.9. The smallest absolute Gasteiger partial charge is 0.277 e. The van der Waals surface area contributed by atoms with Crippen LogP contribution in [-0.2, 0) is 43.9 Å². The number of hydrogen-bond donors (Lipinski definition) is 12. The number of nitrogens with zero attached hydrogens (tertiary/aromatic N) is 19. The number of aromatic nitrogens is 22. The summed E-state index contributed by atoms with van der Waals surface area (Å²) in [6.07, 6.45) is 10.6. The molecule has 12 aromatic heterocycles. The lowest BCUT2D eigenvalue weighted by Crippen LogP contribution is -2.48. The van der Waals surface area contributed by atoms with Crippen LogP contribution >= 0.6 is 0 Å². The molecule has 0 radical (unpaired) electrons. The van der Waals surface area contributed by atoms with Gasteiger partial charge in [-0.3, -0.25) is 54.3 Å². The summed E-state index contributed by atoms with van der Waals surface area (Å²) in [6.45, 7) is 19.3. The van der Waals surface area contributed by atoms with Crippen molar-refractivity contribution in [2.24, 2.45) is 0 Å². The van der Waals surface area contributed by atoms with E-state index in [2.05, 4.69) is 166 Å². The van der Waals surface area contributed by atoms with Gasteiger partial charge >= 0.3 is 0 Å². The highest BCUT2D eigenvalue weighted by molar-refractivity contribution is 7.89. The molecule has 4 aliphatic heterocycles. The predicted octanol–water partition coefficient (Wildman–Crippen LogP) is 9.78. The Labute approximate surface area is 745 Å². The highest BCUT2D eigenvalue weighted by Gasteiger charge is 2.30. The number of morpholine rings is 3. The number of H-pyrrole nitrogens is 8. The standard InChI is InChI=1S/C24H25F2N7O3S.C22H21N9O2.C20H18F2N8O2.C20H21N7O3/c1-2-37(35,36)33-10-8-32(9-11-33)14-15-6-7-18-19(12-15)29-23(28-18)22-20(13-27-31-22)30-24(34)21-16(25)4-3-5-17(21)26;32-22(15-11-25-31-5-1-4-23-21(15)31)28-18-12-24-29-19(18)20-26-16-3-2-14(10-17(16)27-20)13-30-6-8-33-9-7-30;1-10-15-17(28-20(24-10)30-5-7-32-8-6-30)27-18(26-15)16-13(9-23-29-16)25-19(31)14-11(21)3-2-4-12(14)22;1-12-8-16(26-30-12)20(28)24-17-10-21-25-18(17)19-22-14-3-2-13(9-15(14)23-19)11-27-4-6-29-7-5-27/h3-7,12-13H,2,8-11,14H2,1H3,(H,27,31)(H,28,29)(H,30,34);1-5,10-12H,6-9,13H2,(H,24,29)(H,26,27)(H,28,32);2-4,9H,5-8H2,1H3,(H,23,29)(H,25,31)(H,24,26,27,28);2-3,8-10H,4-7,11H2,1H3,(H,21,25)(H,22,23)(H,24,28). The summed E-state index contributed by atoms with van der Waals surface area (Å²) in [5, 5.41) is 45.9. The van der Waals surface area contributed by atoms with Gasteiger partial charge in [0.2, 0.25) is 16.0 Å². The number of fused-ring (bicyclic) bond motifs is 5. The number of amides is 4. The van der Waals surface area contributed by atoms with E-state index in [0.29, 0.717) is 162 Å². The van der Waals surface area contributed by atoms with E-state index in [4.69, 9.17) is 18.7 Å². The lowest BCUT2D eigenvalue weighted by molar-refractivity contribution is 0.0341. The Kier molecular flexibility index (Phi) is 25.6. The maximum atomic E-state index is 14.0. The molecule has 0 bridgehead atoms. The number of carbonyl (C=O) groups excluding carboxylic acids is 4. The summed E-state index contributed by atoms with van der Waals surface area (Å²) in [5.74, 6) is -3.27. The predicted molar refractivity (Wildman–Crippen MR) is 475 cm³/mol. The molecular weight excluding hydrogens is 1740 g/mol. The number of nitrogens with one attached hydrogen (secondary N) is 12. The zero-order chi connectivity index (χ0) is 91.1. The van der Waals surface area contributed by atoms with Gasteiger partial charge in [0.1, 0.15) is 74.0 Å². The number of piperazine rings is 1. The molecular formula is C86H85F4N31O10S. The number of carbonyl (C=O) groups is 4. The molecule has 132 heavy (non-hydrogen) atoms. The van der Waals surface area contributed by atoms with Crippen molar-refractivity contribution in [3.05, 3.63) is 220 Å². The molecule has 0 saturated carbocycles. The van der Waals surface area contributed by atoms with Crippen molar-refractivity contribution in [3.8, 4) is 46.1 Å². The van der Waals surface area contributed by atoms with Crippen LogP contribution in [0, 0.1) is 37.1 Å². The number of anilines is 5.